The van der Waals surface area contributed by atoms with Gasteiger partial charge in [0.1, 0.15) is 5.69 Å². The van der Waals surface area contributed by atoms with E-state index in [9.17, 15) is 4.79 Å². The Labute approximate surface area is 133 Å². The standard InChI is InChI=1S/C17H18N4O2/c1-11-15-12(17(22)21-7-3-4-8-21)10-13(14-6-5-9-23-14)18-16(15)20(2)19-11/h5-6,9-10H,3-4,7-8H2,1-2H3. The summed E-state index contributed by atoms with van der Waals surface area (Å²) in [6.45, 7) is 3.55. The number of likely N-dealkylation sites (tertiary alicyclic amines) is 1. The quantitative estimate of drug-likeness (QED) is 0.730. The maximum atomic E-state index is 13.0. The summed E-state index contributed by atoms with van der Waals surface area (Å²) in [5, 5.41) is 5.27. The molecule has 1 saturated heterocycles. The minimum atomic E-state index is 0.0545. The Morgan fingerprint density at radius 3 is 2.78 bits per heavy atom. The second-order valence-electron chi connectivity index (χ2n) is 5.94. The highest BCUT2D eigenvalue weighted by Crippen LogP contribution is 2.28. The van der Waals surface area contributed by atoms with Crippen LogP contribution in [0.4, 0.5) is 0 Å². The average Bonchev–Trinajstić information content (AvgIpc) is 3.28. The maximum Gasteiger partial charge on any atom is 0.254 e. The highest BCUT2D eigenvalue weighted by atomic mass is 16.3. The van der Waals surface area contributed by atoms with Gasteiger partial charge in [-0.05, 0) is 38.0 Å². The van der Waals surface area contributed by atoms with Crippen molar-refractivity contribution in [3.8, 4) is 11.5 Å². The summed E-state index contributed by atoms with van der Waals surface area (Å²) in [6.07, 6.45) is 3.74. The molecular weight excluding hydrogens is 292 g/mol. The number of carbonyl (C=O) groups excluding carboxylic acids is 1. The Morgan fingerprint density at radius 1 is 1.30 bits per heavy atom. The molecule has 1 aliphatic rings. The van der Waals surface area contributed by atoms with Crippen LogP contribution in [-0.2, 0) is 7.05 Å². The molecule has 3 aromatic rings. The van der Waals surface area contributed by atoms with Gasteiger partial charge in [0.05, 0.1) is 22.9 Å². The molecular formula is C17H18N4O2. The molecule has 1 amide bonds. The van der Waals surface area contributed by atoms with Crippen molar-refractivity contribution in [3.63, 3.8) is 0 Å². The summed E-state index contributed by atoms with van der Waals surface area (Å²) in [6, 6.07) is 5.50. The molecule has 1 fully saturated rings. The molecule has 0 radical (unpaired) electrons. The molecule has 4 heterocycles. The average molecular weight is 310 g/mol. The van der Waals surface area contributed by atoms with Gasteiger partial charge in [-0.1, -0.05) is 0 Å². The first-order chi connectivity index (χ1) is 11.1. The first kappa shape index (κ1) is 14.0. The smallest absolute Gasteiger partial charge is 0.254 e. The molecule has 23 heavy (non-hydrogen) atoms. The summed E-state index contributed by atoms with van der Waals surface area (Å²) in [5.41, 5.74) is 2.85. The number of aromatic nitrogens is 3. The number of carbonyl (C=O) groups is 1. The molecule has 0 aliphatic carbocycles. The van der Waals surface area contributed by atoms with Crippen molar-refractivity contribution in [3.05, 3.63) is 35.7 Å². The van der Waals surface area contributed by atoms with Gasteiger partial charge >= 0.3 is 0 Å². The van der Waals surface area contributed by atoms with Gasteiger partial charge in [-0.2, -0.15) is 5.10 Å². The van der Waals surface area contributed by atoms with Crippen LogP contribution in [0.3, 0.4) is 0 Å². The van der Waals surface area contributed by atoms with E-state index < -0.39 is 0 Å². The molecule has 0 spiro atoms. The minimum absolute atomic E-state index is 0.0545. The molecule has 6 heteroatoms. The van der Waals surface area contributed by atoms with Crippen LogP contribution in [0.25, 0.3) is 22.5 Å². The Morgan fingerprint density at radius 2 is 2.09 bits per heavy atom. The van der Waals surface area contributed by atoms with E-state index in [1.54, 1.807) is 10.9 Å². The Bertz CT molecular complexity index is 874. The van der Waals surface area contributed by atoms with E-state index in [2.05, 4.69) is 10.1 Å². The van der Waals surface area contributed by atoms with Crippen molar-refractivity contribution in [2.75, 3.05) is 13.1 Å². The first-order valence-corrected chi connectivity index (χ1v) is 7.82. The Balaban J connectivity index is 1.94. The number of pyridine rings is 1. The number of fused-ring (bicyclic) bond motifs is 1. The zero-order valence-electron chi connectivity index (χ0n) is 13.2. The third kappa shape index (κ3) is 2.21. The number of hydrogen-bond donors (Lipinski definition) is 0. The SMILES string of the molecule is Cc1nn(C)c2nc(-c3ccco3)cc(C(=O)N3CCCC3)c12. The van der Waals surface area contributed by atoms with Crippen LogP contribution < -0.4 is 0 Å². The highest BCUT2D eigenvalue weighted by molar-refractivity contribution is 6.07. The molecule has 1 aliphatic heterocycles. The van der Waals surface area contributed by atoms with Gasteiger partial charge in [-0.3, -0.25) is 9.48 Å². The fraction of sp³-hybridized carbons (Fsp3) is 0.353. The van der Waals surface area contributed by atoms with Crippen LogP contribution in [0.15, 0.2) is 28.9 Å². The van der Waals surface area contributed by atoms with Crippen LogP contribution in [0.5, 0.6) is 0 Å². The molecule has 0 N–H and O–H groups in total. The van der Waals surface area contributed by atoms with Crippen molar-refractivity contribution in [2.45, 2.75) is 19.8 Å². The number of rotatable bonds is 2. The number of hydrogen-bond acceptors (Lipinski definition) is 4. The molecule has 0 unspecified atom stereocenters. The van der Waals surface area contributed by atoms with Gasteiger partial charge in [0.25, 0.3) is 5.91 Å². The lowest BCUT2D eigenvalue weighted by molar-refractivity contribution is 0.0794. The maximum absolute atomic E-state index is 13.0. The molecule has 0 saturated carbocycles. The summed E-state index contributed by atoms with van der Waals surface area (Å²) < 4.78 is 7.18. The van der Waals surface area contributed by atoms with Crippen molar-refractivity contribution < 1.29 is 9.21 Å². The van der Waals surface area contributed by atoms with Crippen molar-refractivity contribution in [2.24, 2.45) is 7.05 Å². The lowest BCUT2D eigenvalue weighted by Gasteiger charge is -2.16. The summed E-state index contributed by atoms with van der Waals surface area (Å²) in [4.78, 5) is 19.5. The van der Waals surface area contributed by atoms with Crippen LogP contribution >= 0.6 is 0 Å². The second kappa shape index (κ2) is 5.22. The summed E-state index contributed by atoms with van der Waals surface area (Å²) in [7, 11) is 1.85. The zero-order chi connectivity index (χ0) is 16.0. The van der Waals surface area contributed by atoms with E-state index in [-0.39, 0.29) is 5.91 Å². The monoisotopic (exact) mass is 310 g/mol. The van der Waals surface area contributed by atoms with Crippen LogP contribution in [-0.4, -0.2) is 38.7 Å². The molecule has 118 valence electrons. The van der Waals surface area contributed by atoms with Crippen molar-refractivity contribution in [1.82, 2.24) is 19.7 Å². The topological polar surface area (TPSA) is 64.2 Å². The first-order valence-electron chi connectivity index (χ1n) is 7.82. The van der Waals surface area contributed by atoms with Gasteiger partial charge in [0.2, 0.25) is 0 Å². The fourth-order valence-electron chi connectivity index (χ4n) is 3.25. The lowest BCUT2D eigenvalue weighted by atomic mass is 10.1. The predicted molar refractivity (Wildman–Crippen MR) is 86.1 cm³/mol. The fourth-order valence-corrected chi connectivity index (χ4v) is 3.25. The minimum Gasteiger partial charge on any atom is -0.463 e. The number of nitrogens with zero attached hydrogens (tertiary/aromatic N) is 4. The van der Waals surface area contributed by atoms with Gasteiger partial charge in [0, 0.05) is 20.1 Å². The molecule has 3 aromatic heterocycles. The second-order valence-corrected chi connectivity index (χ2v) is 5.94. The largest absolute Gasteiger partial charge is 0.463 e. The number of aryl methyl sites for hydroxylation is 2. The molecule has 0 aromatic carbocycles. The molecule has 4 rings (SSSR count). The zero-order valence-corrected chi connectivity index (χ0v) is 13.2. The van der Waals surface area contributed by atoms with Crippen LogP contribution in [0.1, 0.15) is 28.9 Å². The van der Waals surface area contributed by atoms with E-state index >= 15 is 0 Å². The summed E-state index contributed by atoms with van der Waals surface area (Å²) >= 11 is 0. The number of furan rings is 1. The van der Waals surface area contributed by atoms with Gasteiger partial charge < -0.3 is 9.32 Å². The molecule has 6 nitrogen and oxygen atoms in total. The highest BCUT2D eigenvalue weighted by Gasteiger charge is 2.25. The van der Waals surface area contributed by atoms with E-state index in [0.717, 1.165) is 37.0 Å². The van der Waals surface area contributed by atoms with Gasteiger partial charge in [-0.25, -0.2) is 4.98 Å². The van der Waals surface area contributed by atoms with Crippen molar-refractivity contribution in [1.29, 1.82) is 0 Å². The van der Waals surface area contributed by atoms with E-state index in [4.69, 9.17) is 4.42 Å². The molecule has 0 bridgehead atoms. The van der Waals surface area contributed by atoms with E-state index in [0.29, 0.717) is 22.7 Å². The van der Waals surface area contributed by atoms with Gasteiger partial charge in [0.15, 0.2) is 11.4 Å². The van der Waals surface area contributed by atoms with Crippen LogP contribution in [0.2, 0.25) is 0 Å². The Hall–Kier alpha value is -2.63. The third-order valence-corrected chi connectivity index (χ3v) is 4.37. The molecule has 0 atom stereocenters. The Kier molecular flexibility index (Phi) is 3.18. The summed E-state index contributed by atoms with van der Waals surface area (Å²) in [5.74, 6) is 0.708. The number of amides is 1. The van der Waals surface area contributed by atoms with E-state index in [1.165, 1.54) is 0 Å². The van der Waals surface area contributed by atoms with E-state index in [1.807, 2.05) is 37.1 Å². The van der Waals surface area contributed by atoms with Gasteiger partial charge in [-0.15, -0.1) is 0 Å². The lowest BCUT2D eigenvalue weighted by Crippen LogP contribution is -2.28. The normalized spacial score (nSPS) is 14.8. The predicted octanol–water partition coefficient (Wildman–Crippen LogP) is 2.77. The van der Waals surface area contributed by atoms with Crippen LogP contribution in [0, 0.1) is 6.92 Å². The van der Waals surface area contributed by atoms with Crippen molar-refractivity contribution >= 4 is 16.9 Å². The third-order valence-electron chi connectivity index (χ3n) is 4.37.